The highest BCUT2D eigenvalue weighted by molar-refractivity contribution is 5.80. The molecule has 0 heterocycles. The number of hydrogen-bond donors (Lipinski definition) is 2. The van der Waals surface area contributed by atoms with Crippen molar-refractivity contribution in [1.82, 2.24) is 0 Å². The highest BCUT2D eigenvalue weighted by Gasteiger charge is 2.34. The van der Waals surface area contributed by atoms with Crippen LogP contribution in [0.3, 0.4) is 0 Å². The molecule has 38 heavy (non-hydrogen) atoms. The Morgan fingerprint density at radius 2 is 0.947 bits per heavy atom. The average molecular weight is 511 g/mol. The van der Waals surface area contributed by atoms with E-state index in [0.29, 0.717) is 30.3 Å². The molecule has 0 saturated heterocycles. The van der Waals surface area contributed by atoms with Crippen LogP contribution in [0, 0.1) is 11.8 Å². The zero-order valence-corrected chi connectivity index (χ0v) is 20.9. The fourth-order valence-electron chi connectivity index (χ4n) is 4.31. The summed E-state index contributed by atoms with van der Waals surface area (Å²) in [5, 5.41) is 19.9. The number of aliphatic carboxylic acids is 2. The highest BCUT2D eigenvalue weighted by Crippen LogP contribution is 2.32. The van der Waals surface area contributed by atoms with Crippen molar-refractivity contribution in [2.45, 2.75) is 26.1 Å². The van der Waals surface area contributed by atoms with E-state index in [9.17, 15) is 19.8 Å². The molecule has 0 amide bonds. The van der Waals surface area contributed by atoms with Crippen LogP contribution < -0.4 is 9.47 Å². The van der Waals surface area contributed by atoms with Gasteiger partial charge in [0.1, 0.15) is 13.2 Å². The predicted molar refractivity (Wildman–Crippen MR) is 144 cm³/mol. The number of hydrogen-bond acceptors (Lipinski definition) is 4. The standard InChI is InChI=1S/C32H30O6/c33-31(34)27(18-23-10-4-1-5-11-23)28(32(35)36)19-26-16-17-29(37-21-24-12-6-2-7-13-24)30(20-26)38-22-25-14-8-3-9-15-25/h1-17,20,27-28H,18-19,21-22H2,(H,33,34)(H,35,36)/t27-,28+/m0/s1. The monoisotopic (exact) mass is 510 g/mol. The second kappa shape index (κ2) is 13.1. The summed E-state index contributed by atoms with van der Waals surface area (Å²) < 4.78 is 12.2. The van der Waals surface area contributed by atoms with Gasteiger partial charge in [-0.3, -0.25) is 9.59 Å². The molecule has 194 valence electrons. The summed E-state index contributed by atoms with van der Waals surface area (Å²) in [5.74, 6) is -3.49. The molecule has 0 aromatic heterocycles. The number of ether oxygens (including phenoxy) is 2. The van der Waals surface area contributed by atoms with Crippen molar-refractivity contribution < 1.29 is 29.3 Å². The van der Waals surface area contributed by atoms with Gasteiger partial charge in [-0.05, 0) is 47.2 Å². The summed E-state index contributed by atoms with van der Waals surface area (Å²) in [5.41, 5.74) is 3.42. The summed E-state index contributed by atoms with van der Waals surface area (Å²) in [4.78, 5) is 24.4. The minimum absolute atomic E-state index is 0.0415. The molecule has 2 atom stereocenters. The van der Waals surface area contributed by atoms with Crippen molar-refractivity contribution in [3.05, 3.63) is 131 Å². The van der Waals surface area contributed by atoms with Crippen LogP contribution in [0.5, 0.6) is 11.5 Å². The van der Waals surface area contributed by atoms with Crippen molar-refractivity contribution in [1.29, 1.82) is 0 Å². The van der Waals surface area contributed by atoms with Crippen LogP contribution in [-0.2, 0) is 35.6 Å². The Kier molecular flexibility index (Phi) is 9.13. The molecular formula is C32H30O6. The summed E-state index contributed by atoms with van der Waals surface area (Å²) in [6.45, 7) is 0.651. The van der Waals surface area contributed by atoms with Gasteiger partial charge in [-0.1, -0.05) is 97.1 Å². The lowest BCUT2D eigenvalue weighted by Crippen LogP contribution is -2.33. The molecule has 4 aromatic rings. The third kappa shape index (κ3) is 7.46. The van der Waals surface area contributed by atoms with E-state index in [1.54, 1.807) is 18.2 Å². The third-order valence-electron chi connectivity index (χ3n) is 6.36. The van der Waals surface area contributed by atoms with Crippen molar-refractivity contribution in [2.24, 2.45) is 11.8 Å². The van der Waals surface area contributed by atoms with Crippen LogP contribution in [0.1, 0.15) is 22.3 Å². The first kappa shape index (κ1) is 26.5. The molecule has 6 nitrogen and oxygen atoms in total. The molecule has 0 unspecified atom stereocenters. The van der Waals surface area contributed by atoms with Crippen molar-refractivity contribution in [3.63, 3.8) is 0 Å². The van der Waals surface area contributed by atoms with E-state index < -0.39 is 23.8 Å². The highest BCUT2D eigenvalue weighted by atomic mass is 16.5. The van der Waals surface area contributed by atoms with Gasteiger partial charge >= 0.3 is 11.9 Å². The number of carbonyl (C=O) groups is 2. The molecule has 0 spiro atoms. The maximum Gasteiger partial charge on any atom is 0.307 e. The molecule has 0 fully saturated rings. The second-order valence-corrected chi connectivity index (χ2v) is 9.11. The number of carboxylic acid groups (broad SMARTS) is 2. The molecule has 0 aliphatic heterocycles. The largest absolute Gasteiger partial charge is 0.485 e. The van der Waals surface area contributed by atoms with Crippen LogP contribution in [0.4, 0.5) is 0 Å². The molecular weight excluding hydrogens is 480 g/mol. The maximum absolute atomic E-state index is 12.2. The first-order valence-corrected chi connectivity index (χ1v) is 12.5. The van der Waals surface area contributed by atoms with Crippen molar-refractivity contribution >= 4 is 11.9 Å². The predicted octanol–water partition coefficient (Wildman–Crippen LogP) is 6.03. The van der Waals surface area contributed by atoms with Gasteiger partial charge < -0.3 is 19.7 Å². The lowest BCUT2D eigenvalue weighted by molar-refractivity contribution is -0.153. The lowest BCUT2D eigenvalue weighted by Gasteiger charge is -2.21. The van der Waals surface area contributed by atoms with Crippen molar-refractivity contribution in [3.8, 4) is 11.5 Å². The summed E-state index contributed by atoms with van der Waals surface area (Å²) >= 11 is 0. The van der Waals surface area contributed by atoms with Crippen LogP contribution in [0.2, 0.25) is 0 Å². The van der Waals surface area contributed by atoms with E-state index in [2.05, 4.69) is 0 Å². The first-order chi connectivity index (χ1) is 18.5. The summed E-state index contributed by atoms with van der Waals surface area (Å²) in [6, 6.07) is 33.8. The van der Waals surface area contributed by atoms with Crippen LogP contribution in [0.25, 0.3) is 0 Å². The van der Waals surface area contributed by atoms with Gasteiger partial charge in [-0.15, -0.1) is 0 Å². The molecule has 0 bridgehead atoms. The zero-order chi connectivity index (χ0) is 26.7. The molecule has 2 N–H and O–H groups in total. The lowest BCUT2D eigenvalue weighted by atomic mass is 9.82. The third-order valence-corrected chi connectivity index (χ3v) is 6.36. The minimum atomic E-state index is -1.15. The van der Waals surface area contributed by atoms with Gasteiger partial charge in [-0.25, -0.2) is 0 Å². The summed E-state index contributed by atoms with van der Waals surface area (Å²) in [6.07, 6.45) is 0.169. The van der Waals surface area contributed by atoms with Gasteiger partial charge in [-0.2, -0.15) is 0 Å². The van der Waals surface area contributed by atoms with E-state index in [1.807, 2.05) is 91.0 Å². The van der Waals surface area contributed by atoms with Gasteiger partial charge in [0.05, 0.1) is 11.8 Å². The minimum Gasteiger partial charge on any atom is -0.485 e. The fourth-order valence-corrected chi connectivity index (χ4v) is 4.31. The van der Waals surface area contributed by atoms with Crippen LogP contribution in [-0.4, -0.2) is 22.2 Å². The number of carboxylic acids is 2. The Labute approximate surface area is 222 Å². The van der Waals surface area contributed by atoms with Crippen LogP contribution in [0.15, 0.2) is 109 Å². The fraction of sp³-hybridized carbons (Fsp3) is 0.188. The maximum atomic E-state index is 12.2. The Morgan fingerprint density at radius 1 is 0.526 bits per heavy atom. The van der Waals surface area contributed by atoms with E-state index in [0.717, 1.165) is 16.7 Å². The second-order valence-electron chi connectivity index (χ2n) is 9.11. The first-order valence-electron chi connectivity index (χ1n) is 12.5. The van der Waals surface area contributed by atoms with E-state index in [1.165, 1.54) is 0 Å². The normalized spacial score (nSPS) is 12.3. The Bertz CT molecular complexity index is 1320. The van der Waals surface area contributed by atoms with Crippen LogP contribution >= 0.6 is 0 Å². The quantitative estimate of drug-likeness (QED) is 0.228. The van der Waals surface area contributed by atoms with E-state index in [4.69, 9.17) is 9.47 Å². The van der Waals surface area contributed by atoms with Crippen molar-refractivity contribution in [2.75, 3.05) is 0 Å². The number of benzene rings is 4. The van der Waals surface area contributed by atoms with Gasteiger partial charge in [0.15, 0.2) is 11.5 Å². The molecule has 0 radical (unpaired) electrons. The Morgan fingerprint density at radius 3 is 1.42 bits per heavy atom. The number of rotatable bonds is 13. The summed E-state index contributed by atoms with van der Waals surface area (Å²) in [7, 11) is 0. The smallest absolute Gasteiger partial charge is 0.307 e. The molecule has 0 saturated carbocycles. The Balaban J connectivity index is 1.57. The molecule has 4 rings (SSSR count). The molecule has 0 aliphatic rings. The molecule has 4 aromatic carbocycles. The van der Waals surface area contributed by atoms with Gasteiger partial charge in [0.25, 0.3) is 0 Å². The van der Waals surface area contributed by atoms with Gasteiger partial charge in [0, 0.05) is 0 Å². The molecule has 0 aliphatic carbocycles. The average Bonchev–Trinajstić information content (AvgIpc) is 2.94. The van der Waals surface area contributed by atoms with Gasteiger partial charge in [0.2, 0.25) is 0 Å². The Hall–Kier alpha value is -4.58. The van der Waals surface area contributed by atoms with E-state index >= 15 is 0 Å². The topological polar surface area (TPSA) is 93.1 Å². The zero-order valence-electron chi connectivity index (χ0n) is 20.9. The molecule has 6 heteroatoms. The SMILES string of the molecule is O=C(O)[C@@H](Cc1ccccc1)[C@@H](Cc1ccc(OCc2ccccc2)c(OCc2ccccc2)c1)C(=O)O. The van der Waals surface area contributed by atoms with E-state index in [-0.39, 0.29) is 12.8 Å².